The van der Waals surface area contributed by atoms with Crippen LogP contribution in [-0.4, -0.2) is 9.55 Å². The normalized spacial score (nSPS) is 11.0. The molecule has 0 unspecified atom stereocenters. The van der Waals surface area contributed by atoms with Crippen LogP contribution in [0.15, 0.2) is 46.1 Å². The van der Waals surface area contributed by atoms with Crippen molar-refractivity contribution in [2.75, 3.05) is 0 Å². The first kappa shape index (κ1) is 13.9. The molecule has 106 valence electrons. The van der Waals surface area contributed by atoms with Crippen LogP contribution in [-0.2, 0) is 0 Å². The van der Waals surface area contributed by atoms with Gasteiger partial charge in [0.2, 0.25) is 0 Å². The molecule has 3 aromatic rings. The quantitative estimate of drug-likeness (QED) is 0.696. The average Bonchev–Trinajstić information content (AvgIpc) is 2.45. The molecule has 3 nitrogen and oxygen atoms in total. The summed E-state index contributed by atoms with van der Waals surface area (Å²) in [5.74, 6) is 0.688. The van der Waals surface area contributed by atoms with Crippen molar-refractivity contribution in [1.82, 2.24) is 9.55 Å². The zero-order chi connectivity index (χ0) is 15.1. The molecular formula is C17H16N2OS. The second-order valence-corrected chi connectivity index (χ2v) is 5.74. The van der Waals surface area contributed by atoms with Crippen LogP contribution in [0, 0.1) is 20.8 Å². The average molecular weight is 296 g/mol. The van der Waals surface area contributed by atoms with E-state index in [1.54, 1.807) is 4.57 Å². The van der Waals surface area contributed by atoms with E-state index in [-0.39, 0.29) is 5.56 Å². The number of aryl methyl sites for hydroxylation is 3. The summed E-state index contributed by atoms with van der Waals surface area (Å²) in [6.07, 6.45) is 0. The van der Waals surface area contributed by atoms with E-state index in [2.05, 4.69) is 17.6 Å². The fourth-order valence-corrected chi connectivity index (χ4v) is 2.65. The third kappa shape index (κ3) is 2.25. The molecule has 0 saturated carbocycles. The van der Waals surface area contributed by atoms with Crippen molar-refractivity contribution in [2.24, 2.45) is 0 Å². The van der Waals surface area contributed by atoms with E-state index in [0.29, 0.717) is 11.2 Å². The number of rotatable bonds is 1. The van der Waals surface area contributed by atoms with E-state index in [9.17, 15) is 4.79 Å². The van der Waals surface area contributed by atoms with E-state index < -0.39 is 0 Å². The molecule has 21 heavy (non-hydrogen) atoms. The predicted molar refractivity (Wildman–Crippen MR) is 88.8 cm³/mol. The van der Waals surface area contributed by atoms with Gasteiger partial charge in [-0.05, 0) is 62.2 Å². The Morgan fingerprint density at radius 1 is 1.00 bits per heavy atom. The summed E-state index contributed by atoms with van der Waals surface area (Å²) < 4.78 is 1.64. The molecule has 0 bridgehead atoms. The second kappa shape index (κ2) is 5.04. The molecule has 0 aliphatic rings. The lowest BCUT2D eigenvalue weighted by Gasteiger charge is -2.13. The Balaban J connectivity index is 2.38. The van der Waals surface area contributed by atoms with Crippen LogP contribution in [0.4, 0.5) is 0 Å². The lowest BCUT2D eigenvalue weighted by molar-refractivity contribution is 0.892. The molecule has 3 rings (SSSR count). The SMILES string of the molecule is Cc1ccc2c(=O)n(-c3ccc(S)cc3)c(C)nc2c1C. The molecule has 0 amide bonds. The molecule has 0 fully saturated rings. The Morgan fingerprint density at radius 2 is 1.67 bits per heavy atom. The van der Waals surface area contributed by atoms with Crippen LogP contribution in [0.2, 0.25) is 0 Å². The molecule has 4 heteroatoms. The lowest BCUT2D eigenvalue weighted by atomic mass is 10.1. The van der Waals surface area contributed by atoms with E-state index in [4.69, 9.17) is 0 Å². The van der Waals surface area contributed by atoms with Gasteiger partial charge in [0, 0.05) is 4.90 Å². The van der Waals surface area contributed by atoms with Crippen molar-refractivity contribution in [1.29, 1.82) is 0 Å². The highest BCUT2D eigenvalue weighted by atomic mass is 32.1. The first-order valence-electron chi connectivity index (χ1n) is 6.78. The van der Waals surface area contributed by atoms with Gasteiger partial charge >= 0.3 is 0 Å². The van der Waals surface area contributed by atoms with Crippen LogP contribution in [0.3, 0.4) is 0 Å². The molecule has 0 saturated heterocycles. The van der Waals surface area contributed by atoms with Crippen LogP contribution in [0.5, 0.6) is 0 Å². The van der Waals surface area contributed by atoms with Gasteiger partial charge in [0.1, 0.15) is 5.82 Å². The first-order chi connectivity index (χ1) is 9.99. The molecule has 0 aliphatic carbocycles. The monoisotopic (exact) mass is 296 g/mol. The molecule has 2 aromatic carbocycles. The van der Waals surface area contributed by atoms with Gasteiger partial charge in [-0.15, -0.1) is 12.6 Å². The van der Waals surface area contributed by atoms with Gasteiger partial charge in [-0.3, -0.25) is 9.36 Å². The number of hydrogen-bond donors (Lipinski definition) is 1. The van der Waals surface area contributed by atoms with Gasteiger partial charge in [-0.1, -0.05) is 6.07 Å². The van der Waals surface area contributed by atoms with Crippen LogP contribution < -0.4 is 5.56 Å². The van der Waals surface area contributed by atoms with Gasteiger partial charge in [-0.2, -0.15) is 0 Å². The summed E-state index contributed by atoms with van der Waals surface area (Å²) in [4.78, 5) is 18.3. The Hall–Kier alpha value is -2.07. The summed E-state index contributed by atoms with van der Waals surface area (Å²) >= 11 is 4.28. The Morgan fingerprint density at radius 3 is 2.33 bits per heavy atom. The number of aromatic nitrogens is 2. The molecule has 1 heterocycles. The van der Waals surface area contributed by atoms with Crippen molar-refractivity contribution in [3.8, 4) is 5.69 Å². The molecule has 0 aliphatic heterocycles. The van der Waals surface area contributed by atoms with E-state index in [1.165, 1.54) is 0 Å². The van der Waals surface area contributed by atoms with Crippen molar-refractivity contribution in [3.05, 3.63) is 63.7 Å². The maximum Gasteiger partial charge on any atom is 0.265 e. The number of benzene rings is 2. The summed E-state index contributed by atoms with van der Waals surface area (Å²) in [7, 11) is 0. The van der Waals surface area contributed by atoms with Crippen LogP contribution in [0.1, 0.15) is 17.0 Å². The maximum absolute atomic E-state index is 12.8. The fourth-order valence-electron chi connectivity index (χ4n) is 2.50. The van der Waals surface area contributed by atoms with Gasteiger partial charge in [0.05, 0.1) is 16.6 Å². The number of fused-ring (bicyclic) bond motifs is 1. The summed E-state index contributed by atoms with van der Waals surface area (Å²) in [6.45, 7) is 5.89. The summed E-state index contributed by atoms with van der Waals surface area (Å²) in [6, 6.07) is 11.3. The summed E-state index contributed by atoms with van der Waals surface area (Å²) in [5.41, 5.74) is 3.77. The zero-order valence-corrected chi connectivity index (χ0v) is 13.1. The second-order valence-electron chi connectivity index (χ2n) is 5.22. The van der Waals surface area contributed by atoms with E-state index in [1.807, 2.05) is 57.2 Å². The zero-order valence-electron chi connectivity index (χ0n) is 12.2. The smallest absolute Gasteiger partial charge is 0.265 e. The Kier molecular flexibility index (Phi) is 3.33. The standard InChI is InChI=1S/C17H16N2OS/c1-10-4-9-15-16(11(10)2)18-12(3)19(17(15)20)13-5-7-14(21)8-6-13/h4-9,21H,1-3H3. The van der Waals surface area contributed by atoms with Crippen molar-refractivity contribution < 1.29 is 0 Å². The minimum atomic E-state index is -0.0347. The van der Waals surface area contributed by atoms with Gasteiger partial charge in [0.25, 0.3) is 5.56 Å². The molecule has 0 radical (unpaired) electrons. The van der Waals surface area contributed by atoms with Gasteiger partial charge in [0.15, 0.2) is 0 Å². The van der Waals surface area contributed by atoms with E-state index in [0.717, 1.165) is 27.2 Å². The fraction of sp³-hybridized carbons (Fsp3) is 0.176. The number of thiol groups is 1. The minimum absolute atomic E-state index is 0.0347. The van der Waals surface area contributed by atoms with E-state index >= 15 is 0 Å². The molecule has 0 N–H and O–H groups in total. The van der Waals surface area contributed by atoms with Crippen molar-refractivity contribution in [3.63, 3.8) is 0 Å². The third-order valence-corrected chi connectivity index (χ3v) is 4.14. The van der Waals surface area contributed by atoms with Crippen LogP contribution in [0.25, 0.3) is 16.6 Å². The first-order valence-corrected chi connectivity index (χ1v) is 7.23. The van der Waals surface area contributed by atoms with Crippen LogP contribution >= 0.6 is 12.6 Å². The predicted octanol–water partition coefficient (Wildman–Crippen LogP) is 3.60. The van der Waals surface area contributed by atoms with Crippen molar-refractivity contribution in [2.45, 2.75) is 25.7 Å². The minimum Gasteiger partial charge on any atom is -0.268 e. The number of hydrogen-bond acceptors (Lipinski definition) is 3. The third-order valence-electron chi connectivity index (χ3n) is 3.84. The van der Waals surface area contributed by atoms with Crippen molar-refractivity contribution >= 4 is 23.5 Å². The summed E-state index contributed by atoms with van der Waals surface area (Å²) in [5, 5.41) is 0.652. The number of nitrogens with zero attached hydrogens (tertiary/aromatic N) is 2. The molecule has 0 spiro atoms. The highest BCUT2D eigenvalue weighted by Gasteiger charge is 2.12. The van der Waals surface area contributed by atoms with Gasteiger partial charge < -0.3 is 0 Å². The molecular weight excluding hydrogens is 280 g/mol. The topological polar surface area (TPSA) is 34.9 Å². The maximum atomic E-state index is 12.8. The largest absolute Gasteiger partial charge is 0.268 e. The highest BCUT2D eigenvalue weighted by Crippen LogP contribution is 2.19. The highest BCUT2D eigenvalue weighted by molar-refractivity contribution is 7.80. The Bertz CT molecular complexity index is 895. The van der Waals surface area contributed by atoms with Gasteiger partial charge in [-0.25, -0.2) is 4.98 Å². The molecule has 0 atom stereocenters. The Labute approximate surface area is 128 Å². The molecule has 1 aromatic heterocycles. The lowest BCUT2D eigenvalue weighted by Crippen LogP contribution is -2.22.